The summed E-state index contributed by atoms with van der Waals surface area (Å²) in [7, 11) is 1.87. The number of nitrogens with one attached hydrogen (secondary N) is 2. The van der Waals surface area contributed by atoms with Crippen LogP contribution in [0.15, 0.2) is 89.9 Å². The first-order chi connectivity index (χ1) is 18.0. The molecule has 8 heteroatoms. The van der Waals surface area contributed by atoms with E-state index in [-0.39, 0.29) is 17.1 Å². The molecule has 0 saturated carbocycles. The molecule has 0 aliphatic heterocycles. The molecule has 0 bridgehead atoms. The maximum Gasteiger partial charge on any atom is 0.263 e. The lowest BCUT2D eigenvalue weighted by atomic mass is 9.97. The molecule has 0 unspecified atom stereocenters. The minimum absolute atomic E-state index is 0.0566. The van der Waals surface area contributed by atoms with Gasteiger partial charge in [0, 0.05) is 24.1 Å². The van der Waals surface area contributed by atoms with Gasteiger partial charge in [-0.15, -0.1) is 0 Å². The molecule has 2 aromatic heterocycles. The Morgan fingerprint density at radius 1 is 1.03 bits per heavy atom. The van der Waals surface area contributed by atoms with E-state index in [4.69, 9.17) is 5.73 Å². The average Bonchev–Trinajstić information content (AvgIpc) is 2.93. The molecule has 0 aliphatic carbocycles. The Kier molecular flexibility index (Phi) is 6.27. The van der Waals surface area contributed by atoms with Crippen molar-refractivity contribution in [1.29, 1.82) is 5.26 Å². The average molecular weight is 488 g/mol. The van der Waals surface area contributed by atoms with Crippen LogP contribution in [0.5, 0.6) is 0 Å². The van der Waals surface area contributed by atoms with Crippen molar-refractivity contribution < 1.29 is 0 Å². The molecular weight excluding hydrogens is 462 g/mol. The van der Waals surface area contributed by atoms with Gasteiger partial charge in [-0.3, -0.25) is 9.36 Å². The van der Waals surface area contributed by atoms with Crippen LogP contribution in [0.3, 0.4) is 0 Å². The zero-order chi connectivity index (χ0) is 25.9. The molecule has 8 nitrogen and oxygen atoms in total. The van der Waals surface area contributed by atoms with E-state index < -0.39 is 6.04 Å². The Labute approximate surface area is 214 Å². The van der Waals surface area contributed by atoms with Crippen LogP contribution in [0.1, 0.15) is 24.2 Å². The Hall–Kier alpha value is -5.16. The molecule has 0 amide bonds. The topological polar surface area (TPSA) is 122 Å². The standard InChI is InChI=1S/C29H25N7O/c1-18(34-27-21(16-30)17-33-29(31)35-27)25-15-20-9-7-13-24(19-8-6-10-22(14-19)32-2)26(20)28(37)36(25)23-11-4-3-5-12-23/h3-15,17-18,32H,1-2H3,(H3,31,33,34,35)/t18-/m0/s1. The first-order valence-electron chi connectivity index (χ1n) is 11.8. The van der Waals surface area contributed by atoms with Gasteiger partial charge in [0.05, 0.1) is 17.6 Å². The van der Waals surface area contributed by atoms with Crippen LogP contribution in [-0.2, 0) is 0 Å². The van der Waals surface area contributed by atoms with Gasteiger partial charge in [0.2, 0.25) is 5.95 Å². The second-order valence-corrected chi connectivity index (χ2v) is 8.61. The highest BCUT2D eigenvalue weighted by molar-refractivity contribution is 5.97. The summed E-state index contributed by atoms with van der Waals surface area (Å²) in [6, 6.07) is 27.1. The van der Waals surface area contributed by atoms with Gasteiger partial charge in [-0.2, -0.15) is 10.2 Å². The van der Waals surface area contributed by atoms with Crippen LogP contribution in [0.4, 0.5) is 17.5 Å². The minimum Gasteiger partial charge on any atom is -0.388 e. The van der Waals surface area contributed by atoms with E-state index >= 15 is 0 Å². The summed E-state index contributed by atoms with van der Waals surface area (Å²) in [6.45, 7) is 1.92. The summed E-state index contributed by atoms with van der Waals surface area (Å²) in [5.74, 6) is 0.369. The number of para-hydroxylation sites is 1. The molecule has 2 heterocycles. The van der Waals surface area contributed by atoms with Crippen molar-refractivity contribution in [3.63, 3.8) is 0 Å². The molecule has 37 heavy (non-hydrogen) atoms. The molecule has 5 rings (SSSR count). The SMILES string of the molecule is CNc1cccc(-c2cccc3cc([C@H](C)Nc4nc(N)ncc4C#N)n(-c4ccccc4)c(=O)c23)c1. The molecule has 4 N–H and O–H groups in total. The summed E-state index contributed by atoms with van der Waals surface area (Å²) >= 11 is 0. The molecule has 0 spiro atoms. The largest absolute Gasteiger partial charge is 0.388 e. The Morgan fingerprint density at radius 2 is 1.81 bits per heavy atom. The summed E-state index contributed by atoms with van der Waals surface area (Å²) in [6.07, 6.45) is 1.38. The number of nitriles is 1. The van der Waals surface area contributed by atoms with Crippen LogP contribution in [0.2, 0.25) is 0 Å². The first kappa shape index (κ1) is 23.6. The smallest absolute Gasteiger partial charge is 0.263 e. The van der Waals surface area contributed by atoms with Gasteiger partial charge in [0.1, 0.15) is 17.5 Å². The quantitative estimate of drug-likeness (QED) is 0.304. The molecule has 0 aliphatic rings. The number of anilines is 3. The van der Waals surface area contributed by atoms with Gasteiger partial charge in [0.25, 0.3) is 5.56 Å². The number of hydrogen-bond donors (Lipinski definition) is 3. The normalized spacial score (nSPS) is 11.6. The van der Waals surface area contributed by atoms with E-state index in [2.05, 4.69) is 26.7 Å². The lowest BCUT2D eigenvalue weighted by Crippen LogP contribution is -2.26. The number of nitrogens with zero attached hydrogens (tertiary/aromatic N) is 4. The van der Waals surface area contributed by atoms with Crippen molar-refractivity contribution in [2.24, 2.45) is 0 Å². The Bertz CT molecular complexity index is 1700. The van der Waals surface area contributed by atoms with Crippen molar-refractivity contribution in [2.75, 3.05) is 23.4 Å². The number of benzene rings is 3. The van der Waals surface area contributed by atoms with E-state index in [0.29, 0.717) is 16.9 Å². The third-order valence-corrected chi connectivity index (χ3v) is 6.28. The second kappa shape index (κ2) is 9.84. The minimum atomic E-state index is -0.394. The van der Waals surface area contributed by atoms with Crippen molar-refractivity contribution in [2.45, 2.75) is 13.0 Å². The summed E-state index contributed by atoms with van der Waals surface area (Å²) in [5, 5.41) is 17.4. The molecule has 3 aromatic carbocycles. The number of nitrogens with two attached hydrogens (primary N) is 1. The maximum atomic E-state index is 14.3. The van der Waals surface area contributed by atoms with E-state index in [9.17, 15) is 10.1 Å². The van der Waals surface area contributed by atoms with E-state index in [0.717, 1.165) is 27.9 Å². The van der Waals surface area contributed by atoms with Crippen LogP contribution in [0.25, 0.3) is 27.6 Å². The number of nitrogen functional groups attached to an aromatic ring is 1. The molecular formula is C29H25N7O. The molecule has 0 saturated heterocycles. The Balaban J connectivity index is 1.74. The molecule has 182 valence electrons. The number of aromatic nitrogens is 3. The van der Waals surface area contributed by atoms with E-state index in [1.54, 1.807) is 4.57 Å². The van der Waals surface area contributed by atoms with Gasteiger partial charge < -0.3 is 16.4 Å². The zero-order valence-corrected chi connectivity index (χ0v) is 20.4. The summed E-state index contributed by atoms with van der Waals surface area (Å²) in [4.78, 5) is 22.4. The molecule has 5 aromatic rings. The van der Waals surface area contributed by atoms with Crippen LogP contribution < -0.4 is 21.9 Å². The van der Waals surface area contributed by atoms with Crippen LogP contribution in [-0.4, -0.2) is 21.6 Å². The molecule has 0 radical (unpaired) electrons. The van der Waals surface area contributed by atoms with Crippen molar-refractivity contribution in [3.05, 3.63) is 107 Å². The van der Waals surface area contributed by atoms with Gasteiger partial charge in [0.15, 0.2) is 0 Å². The predicted molar refractivity (Wildman–Crippen MR) is 148 cm³/mol. The molecule has 1 atom stereocenters. The highest BCUT2D eigenvalue weighted by atomic mass is 16.1. The highest BCUT2D eigenvalue weighted by Crippen LogP contribution is 2.31. The first-order valence-corrected chi connectivity index (χ1v) is 11.8. The predicted octanol–water partition coefficient (Wildman–Crippen LogP) is 5.12. The fraction of sp³-hybridized carbons (Fsp3) is 0.103. The third-order valence-electron chi connectivity index (χ3n) is 6.28. The monoisotopic (exact) mass is 487 g/mol. The van der Waals surface area contributed by atoms with E-state index in [1.165, 1.54) is 6.20 Å². The van der Waals surface area contributed by atoms with Crippen molar-refractivity contribution in [3.8, 4) is 22.9 Å². The highest BCUT2D eigenvalue weighted by Gasteiger charge is 2.20. The van der Waals surface area contributed by atoms with Gasteiger partial charge >= 0.3 is 0 Å². The van der Waals surface area contributed by atoms with Crippen LogP contribution in [0, 0.1) is 11.3 Å². The van der Waals surface area contributed by atoms with Gasteiger partial charge in [-0.05, 0) is 53.8 Å². The number of rotatable bonds is 6. The number of fused-ring (bicyclic) bond motifs is 1. The fourth-order valence-corrected chi connectivity index (χ4v) is 4.49. The van der Waals surface area contributed by atoms with Crippen molar-refractivity contribution >= 4 is 28.2 Å². The number of pyridine rings is 1. The van der Waals surface area contributed by atoms with Gasteiger partial charge in [-0.25, -0.2) is 4.98 Å². The fourth-order valence-electron chi connectivity index (χ4n) is 4.49. The summed E-state index contributed by atoms with van der Waals surface area (Å²) in [5.41, 5.74) is 10.1. The lowest BCUT2D eigenvalue weighted by molar-refractivity contribution is 0.772. The van der Waals surface area contributed by atoms with Crippen LogP contribution >= 0.6 is 0 Å². The second-order valence-electron chi connectivity index (χ2n) is 8.61. The Morgan fingerprint density at radius 3 is 2.57 bits per heavy atom. The van der Waals surface area contributed by atoms with Crippen molar-refractivity contribution in [1.82, 2.24) is 14.5 Å². The zero-order valence-electron chi connectivity index (χ0n) is 20.4. The van der Waals surface area contributed by atoms with E-state index in [1.807, 2.05) is 92.8 Å². The maximum absolute atomic E-state index is 14.3. The summed E-state index contributed by atoms with van der Waals surface area (Å²) < 4.78 is 1.71. The van der Waals surface area contributed by atoms with Gasteiger partial charge in [-0.1, -0.05) is 48.5 Å². The molecule has 0 fully saturated rings. The number of hydrogen-bond acceptors (Lipinski definition) is 7. The lowest BCUT2D eigenvalue weighted by Gasteiger charge is -2.22. The third kappa shape index (κ3) is 4.46.